The summed E-state index contributed by atoms with van der Waals surface area (Å²) in [6.45, 7) is 11.6. The normalized spacial score (nSPS) is 19.9. The van der Waals surface area contributed by atoms with E-state index in [4.69, 9.17) is 14.7 Å². The summed E-state index contributed by atoms with van der Waals surface area (Å²) in [4.78, 5) is 1.27. The predicted octanol–water partition coefficient (Wildman–Crippen LogP) is 6.35. The molecule has 35 heavy (non-hydrogen) atoms. The summed E-state index contributed by atoms with van der Waals surface area (Å²) in [5.41, 5.74) is 5.96. The van der Waals surface area contributed by atoms with Gasteiger partial charge in [0.05, 0.1) is 19.8 Å². The number of allylic oxidation sites excluding steroid dienone is 2. The second kappa shape index (κ2) is 12.9. The molecule has 0 radical (unpaired) electrons. The first-order valence-corrected chi connectivity index (χ1v) is 12.5. The van der Waals surface area contributed by atoms with Crippen LogP contribution in [0.25, 0.3) is 0 Å². The van der Waals surface area contributed by atoms with Gasteiger partial charge in [-0.05, 0) is 86.7 Å². The van der Waals surface area contributed by atoms with Crippen LogP contribution in [0.5, 0.6) is 0 Å². The van der Waals surface area contributed by atoms with Crippen LogP contribution in [-0.4, -0.2) is 44.3 Å². The highest BCUT2D eigenvalue weighted by atomic mass is 32.2. The quantitative estimate of drug-likeness (QED) is 0.323. The zero-order valence-corrected chi connectivity index (χ0v) is 21.5. The van der Waals surface area contributed by atoms with Gasteiger partial charge in [0.15, 0.2) is 0 Å². The van der Waals surface area contributed by atoms with Crippen molar-refractivity contribution in [1.82, 2.24) is 4.31 Å². The summed E-state index contributed by atoms with van der Waals surface area (Å²) in [5.74, 6) is -0.223. The molecule has 1 fully saturated rings. The van der Waals surface area contributed by atoms with Crippen molar-refractivity contribution in [1.29, 1.82) is 5.26 Å². The Balaban J connectivity index is 0.00000167. The number of hydrogen-bond acceptors (Lipinski definition) is 6. The molecule has 0 aromatic heterocycles. The van der Waals surface area contributed by atoms with Gasteiger partial charge in [-0.2, -0.15) is 0 Å². The van der Waals surface area contributed by atoms with Crippen molar-refractivity contribution in [2.45, 2.75) is 31.6 Å². The van der Waals surface area contributed by atoms with Gasteiger partial charge in [0.1, 0.15) is 5.82 Å². The van der Waals surface area contributed by atoms with E-state index >= 15 is 0 Å². The Morgan fingerprint density at radius 2 is 1.80 bits per heavy atom. The van der Waals surface area contributed by atoms with Crippen molar-refractivity contribution in [2.24, 2.45) is 5.41 Å². The van der Waals surface area contributed by atoms with Crippen LogP contribution < -0.4 is 5.32 Å². The second-order valence-electron chi connectivity index (χ2n) is 9.02. The molecule has 5 nitrogen and oxygen atoms in total. The van der Waals surface area contributed by atoms with Gasteiger partial charge < -0.3 is 14.8 Å². The number of hydrogen-bond donors (Lipinski definition) is 1. The van der Waals surface area contributed by atoms with E-state index in [1.807, 2.05) is 11.9 Å². The maximum absolute atomic E-state index is 13.3. The minimum atomic E-state index is -0.223. The van der Waals surface area contributed by atoms with Crippen molar-refractivity contribution in [2.75, 3.05) is 45.3 Å². The van der Waals surface area contributed by atoms with Gasteiger partial charge in [-0.15, -0.1) is 0 Å². The molecular weight excluding hydrogens is 461 g/mol. The third-order valence-electron chi connectivity index (χ3n) is 6.36. The molecule has 1 unspecified atom stereocenters. The van der Waals surface area contributed by atoms with Gasteiger partial charge in [0, 0.05) is 48.5 Å². The minimum absolute atomic E-state index is 0.0538. The minimum Gasteiger partial charge on any atom is -0.382 e. The molecule has 1 heterocycles. The number of nitrogens with one attached hydrogen (secondary N) is 1. The van der Waals surface area contributed by atoms with Gasteiger partial charge >= 0.3 is 0 Å². The van der Waals surface area contributed by atoms with Gasteiger partial charge in [-0.1, -0.05) is 23.3 Å². The third kappa shape index (κ3) is 7.18. The van der Waals surface area contributed by atoms with Crippen LogP contribution in [-0.2, 0) is 9.47 Å². The lowest BCUT2D eigenvalue weighted by Crippen LogP contribution is -2.46. The van der Waals surface area contributed by atoms with Crippen LogP contribution in [0.2, 0.25) is 0 Å². The number of piperidine rings is 1. The molecule has 2 aromatic carbocycles. The van der Waals surface area contributed by atoms with Crippen molar-refractivity contribution in [3.8, 4) is 6.57 Å². The van der Waals surface area contributed by atoms with Crippen molar-refractivity contribution in [3.05, 3.63) is 82.8 Å². The smallest absolute Gasteiger partial charge is 0.123 e. The number of halogens is 1. The highest BCUT2D eigenvalue weighted by Gasteiger charge is 2.42. The fraction of sp³-hybridized carbons (Fsp3) is 0.393. The maximum atomic E-state index is 13.3. The van der Waals surface area contributed by atoms with Crippen LogP contribution in [0, 0.1) is 30.0 Å². The van der Waals surface area contributed by atoms with E-state index in [0.29, 0.717) is 19.8 Å². The standard InChI is InChI=1S/C27H33FN2O2S.CHN/c1-20-4-10-25(11-5-20)33-30-13-12-22-16-26(29-24-8-6-23(28)7-9-24)21(2)17-27(22,18-30)19-32-15-14-31-3;1-2/h4-11,16,29H,12-15,17-19H2,1-3H3;1H. The highest BCUT2D eigenvalue weighted by Crippen LogP contribution is 2.47. The van der Waals surface area contributed by atoms with E-state index in [9.17, 15) is 4.39 Å². The highest BCUT2D eigenvalue weighted by molar-refractivity contribution is 7.97. The van der Waals surface area contributed by atoms with E-state index in [1.165, 1.54) is 33.7 Å². The molecule has 1 N–H and O–H groups in total. The molecule has 2 aliphatic rings. The van der Waals surface area contributed by atoms with Crippen molar-refractivity contribution in [3.63, 3.8) is 0 Å². The second-order valence-corrected chi connectivity index (χ2v) is 10.2. The molecule has 7 heteroatoms. The van der Waals surface area contributed by atoms with Crippen LogP contribution in [0.15, 0.2) is 76.3 Å². The summed E-state index contributed by atoms with van der Waals surface area (Å²) < 4.78 is 27.1. The van der Waals surface area contributed by atoms with Crippen LogP contribution in [0.3, 0.4) is 0 Å². The van der Waals surface area contributed by atoms with Gasteiger partial charge in [0.25, 0.3) is 0 Å². The van der Waals surface area contributed by atoms with E-state index in [0.717, 1.165) is 37.3 Å². The summed E-state index contributed by atoms with van der Waals surface area (Å²) >= 11 is 1.84. The van der Waals surface area contributed by atoms with Crippen LogP contribution >= 0.6 is 11.9 Å². The number of anilines is 1. The topological polar surface area (TPSA) is 57.5 Å². The molecule has 1 aliphatic heterocycles. The van der Waals surface area contributed by atoms with Gasteiger partial charge in [-0.25, -0.2) is 14.0 Å². The Hall–Kier alpha value is -2.63. The molecule has 1 aliphatic carbocycles. The molecule has 0 spiro atoms. The fourth-order valence-electron chi connectivity index (χ4n) is 4.58. The number of methoxy groups -OCH3 is 1. The molecule has 0 saturated carbocycles. The number of aryl methyl sites for hydroxylation is 1. The molecule has 0 amide bonds. The molecule has 0 bridgehead atoms. The van der Waals surface area contributed by atoms with E-state index in [-0.39, 0.29) is 11.2 Å². The van der Waals surface area contributed by atoms with Crippen LogP contribution in [0.4, 0.5) is 10.1 Å². The Kier molecular flexibility index (Phi) is 9.93. The molecule has 1 saturated heterocycles. The van der Waals surface area contributed by atoms with Crippen molar-refractivity contribution >= 4 is 17.6 Å². The predicted molar refractivity (Wildman–Crippen MR) is 140 cm³/mol. The Labute approximate surface area is 212 Å². The average Bonchev–Trinajstić information content (AvgIpc) is 2.86. The summed E-state index contributed by atoms with van der Waals surface area (Å²) in [5, 5.41) is 10.00. The largest absolute Gasteiger partial charge is 0.382 e. The number of benzene rings is 2. The Bertz CT molecular complexity index is 1050. The lowest BCUT2D eigenvalue weighted by atomic mass is 9.69. The molecular formula is C28H34FN3O2S. The van der Waals surface area contributed by atoms with E-state index < -0.39 is 0 Å². The first kappa shape index (κ1) is 27.0. The zero-order valence-electron chi connectivity index (χ0n) is 20.7. The monoisotopic (exact) mass is 495 g/mol. The van der Waals surface area contributed by atoms with Gasteiger partial charge in [0.2, 0.25) is 0 Å². The summed E-state index contributed by atoms with van der Waals surface area (Å²) in [7, 11) is 1.70. The maximum Gasteiger partial charge on any atom is 0.123 e. The Morgan fingerprint density at radius 3 is 2.49 bits per heavy atom. The van der Waals surface area contributed by atoms with Crippen LogP contribution in [0.1, 0.15) is 25.3 Å². The average molecular weight is 496 g/mol. The molecule has 1 atom stereocenters. The number of nitriles is 1. The number of nitrogens with zero attached hydrogens (tertiary/aromatic N) is 2. The first-order valence-electron chi connectivity index (χ1n) is 11.7. The zero-order chi connectivity index (χ0) is 25.3. The summed E-state index contributed by atoms with van der Waals surface area (Å²) in [6, 6.07) is 15.3. The molecule has 186 valence electrons. The lowest BCUT2D eigenvalue weighted by Gasteiger charge is -2.46. The van der Waals surface area contributed by atoms with E-state index in [1.54, 1.807) is 19.2 Å². The number of ether oxygens (including phenoxy) is 2. The lowest BCUT2D eigenvalue weighted by molar-refractivity contribution is 0.0151. The van der Waals surface area contributed by atoms with E-state index in [2.05, 4.69) is 60.4 Å². The molecule has 4 rings (SSSR count). The Morgan fingerprint density at radius 1 is 1.09 bits per heavy atom. The van der Waals surface area contributed by atoms with Gasteiger partial charge in [-0.3, -0.25) is 0 Å². The number of rotatable bonds is 9. The number of fused-ring (bicyclic) bond motifs is 1. The van der Waals surface area contributed by atoms with Crippen molar-refractivity contribution < 1.29 is 13.9 Å². The molecule has 2 aromatic rings. The summed E-state index contributed by atoms with van der Waals surface area (Å²) in [6.07, 6.45) is 4.23. The SMILES string of the molecule is C#N.COCCOCC12CC(C)=C(Nc3ccc(F)cc3)C=C1CCN(Sc1ccc(C)cc1)C2. The fourth-order valence-corrected chi connectivity index (χ4v) is 5.63. The third-order valence-corrected chi connectivity index (χ3v) is 7.41. The first-order chi connectivity index (χ1) is 17.0.